The van der Waals surface area contributed by atoms with Gasteiger partial charge in [0, 0.05) is 0 Å². The zero-order chi connectivity index (χ0) is 14.0. The number of carbonyl (C=O) groups excluding carboxylic acids is 1. The Labute approximate surface area is 118 Å². The van der Waals surface area contributed by atoms with Gasteiger partial charge in [-0.3, -0.25) is 4.79 Å². The smallest absolute Gasteiger partial charge is 0.337 e. The lowest BCUT2D eigenvalue weighted by atomic mass is 10.1. The van der Waals surface area contributed by atoms with Gasteiger partial charge in [-0.1, -0.05) is 17.7 Å². The Bertz CT molecular complexity index is 651. The minimum Gasteiger partial charge on any atom is -0.478 e. The zero-order valence-electron chi connectivity index (χ0n) is 9.94. The molecule has 1 amide bonds. The number of aryl methyl sites for hydroxylation is 1. The maximum Gasteiger partial charge on any atom is 0.337 e. The van der Waals surface area contributed by atoms with Crippen LogP contribution >= 0.6 is 22.9 Å². The van der Waals surface area contributed by atoms with E-state index >= 15 is 0 Å². The van der Waals surface area contributed by atoms with E-state index in [4.69, 9.17) is 16.7 Å². The molecule has 0 aliphatic carbocycles. The van der Waals surface area contributed by atoms with E-state index in [-0.39, 0.29) is 22.2 Å². The van der Waals surface area contributed by atoms with Gasteiger partial charge in [-0.2, -0.15) is 0 Å². The fourth-order valence-corrected chi connectivity index (χ4v) is 2.65. The van der Waals surface area contributed by atoms with Gasteiger partial charge >= 0.3 is 5.97 Å². The molecule has 0 spiro atoms. The highest BCUT2D eigenvalue weighted by Gasteiger charge is 2.17. The van der Waals surface area contributed by atoms with Crippen molar-refractivity contribution in [1.29, 1.82) is 0 Å². The summed E-state index contributed by atoms with van der Waals surface area (Å²) in [5.41, 5.74) is 0.927. The quantitative estimate of drug-likeness (QED) is 0.908. The number of rotatable bonds is 3. The third kappa shape index (κ3) is 2.77. The average Bonchev–Trinajstić information content (AvgIpc) is 2.77. The zero-order valence-corrected chi connectivity index (χ0v) is 11.5. The number of benzene rings is 1. The van der Waals surface area contributed by atoms with Crippen molar-refractivity contribution < 1.29 is 14.7 Å². The molecule has 2 N–H and O–H groups in total. The predicted octanol–water partition coefficient (Wildman–Crippen LogP) is 3.66. The van der Waals surface area contributed by atoms with Gasteiger partial charge in [-0.05, 0) is 36.1 Å². The van der Waals surface area contributed by atoms with Crippen molar-refractivity contribution in [3.05, 3.63) is 50.7 Å². The Balaban J connectivity index is 2.36. The van der Waals surface area contributed by atoms with Gasteiger partial charge in [0.25, 0.3) is 5.91 Å². The van der Waals surface area contributed by atoms with E-state index in [2.05, 4.69) is 5.32 Å². The monoisotopic (exact) mass is 295 g/mol. The number of halogens is 1. The molecule has 0 aliphatic heterocycles. The molecular weight excluding hydrogens is 286 g/mol. The number of nitrogens with one attached hydrogen (secondary N) is 1. The van der Waals surface area contributed by atoms with Gasteiger partial charge in [-0.15, -0.1) is 11.3 Å². The molecule has 2 rings (SSSR count). The number of carboxylic acid groups (broad SMARTS) is 1. The molecule has 1 aromatic carbocycles. The summed E-state index contributed by atoms with van der Waals surface area (Å²) < 4.78 is 0. The summed E-state index contributed by atoms with van der Waals surface area (Å²) in [7, 11) is 0. The van der Waals surface area contributed by atoms with Crippen LogP contribution in [0.3, 0.4) is 0 Å². The van der Waals surface area contributed by atoms with Crippen LogP contribution in [0.2, 0.25) is 5.02 Å². The minimum absolute atomic E-state index is 0.0324. The molecule has 0 aliphatic rings. The van der Waals surface area contributed by atoms with Crippen LogP contribution in [-0.2, 0) is 0 Å². The first-order valence-electron chi connectivity index (χ1n) is 5.38. The fraction of sp³-hybridized carbons (Fsp3) is 0.0769. The van der Waals surface area contributed by atoms with Crippen LogP contribution in [0.1, 0.15) is 25.6 Å². The molecular formula is C13H10ClNO3S. The Morgan fingerprint density at radius 3 is 2.63 bits per heavy atom. The standard InChI is InChI=1S/C13H10ClNO3S/c1-7-5-6-19-11(7)12(16)15-10-8(13(17)18)3-2-4-9(10)14/h2-6H,1H3,(H,15,16)(H,17,18). The summed E-state index contributed by atoms with van der Waals surface area (Å²) in [4.78, 5) is 23.7. The number of amides is 1. The number of hydrogen-bond donors (Lipinski definition) is 2. The molecule has 98 valence electrons. The van der Waals surface area contributed by atoms with E-state index < -0.39 is 5.97 Å². The second-order valence-electron chi connectivity index (χ2n) is 3.85. The van der Waals surface area contributed by atoms with E-state index in [0.717, 1.165) is 5.56 Å². The Hall–Kier alpha value is -1.85. The van der Waals surface area contributed by atoms with Gasteiger partial charge in [0.15, 0.2) is 0 Å². The van der Waals surface area contributed by atoms with Crippen LogP contribution < -0.4 is 5.32 Å². The SMILES string of the molecule is Cc1ccsc1C(=O)Nc1c(Cl)cccc1C(=O)O. The van der Waals surface area contributed by atoms with Crippen molar-refractivity contribution in [1.82, 2.24) is 0 Å². The lowest BCUT2D eigenvalue weighted by Crippen LogP contribution is -2.14. The van der Waals surface area contributed by atoms with Gasteiger partial charge in [0.2, 0.25) is 0 Å². The Morgan fingerprint density at radius 2 is 2.05 bits per heavy atom. The molecule has 0 unspecified atom stereocenters. The van der Waals surface area contributed by atoms with Gasteiger partial charge < -0.3 is 10.4 Å². The lowest BCUT2D eigenvalue weighted by Gasteiger charge is -2.09. The summed E-state index contributed by atoms with van der Waals surface area (Å²) in [6.45, 7) is 1.82. The molecule has 0 atom stereocenters. The topological polar surface area (TPSA) is 66.4 Å². The molecule has 0 saturated carbocycles. The number of carboxylic acids is 1. The highest BCUT2D eigenvalue weighted by molar-refractivity contribution is 7.12. The first kappa shape index (κ1) is 13.6. The van der Waals surface area contributed by atoms with Crippen molar-refractivity contribution >= 4 is 40.5 Å². The summed E-state index contributed by atoms with van der Waals surface area (Å²) in [5, 5.41) is 13.6. The predicted molar refractivity (Wildman–Crippen MR) is 75.4 cm³/mol. The lowest BCUT2D eigenvalue weighted by molar-refractivity contribution is 0.0698. The van der Waals surface area contributed by atoms with E-state index in [1.165, 1.54) is 29.5 Å². The van der Waals surface area contributed by atoms with Crippen LogP contribution in [0, 0.1) is 6.92 Å². The first-order chi connectivity index (χ1) is 9.00. The number of hydrogen-bond acceptors (Lipinski definition) is 3. The summed E-state index contributed by atoms with van der Waals surface area (Å²) in [6, 6.07) is 6.28. The molecule has 6 heteroatoms. The summed E-state index contributed by atoms with van der Waals surface area (Å²) in [6.07, 6.45) is 0. The number of thiophene rings is 1. The molecule has 19 heavy (non-hydrogen) atoms. The largest absolute Gasteiger partial charge is 0.478 e. The highest BCUT2D eigenvalue weighted by Crippen LogP contribution is 2.27. The van der Waals surface area contributed by atoms with E-state index in [1.807, 2.05) is 13.0 Å². The van der Waals surface area contributed by atoms with E-state index in [9.17, 15) is 9.59 Å². The van der Waals surface area contributed by atoms with Crippen molar-refractivity contribution in [2.75, 3.05) is 5.32 Å². The van der Waals surface area contributed by atoms with Crippen molar-refractivity contribution in [2.45, 2.75) is 6.92 Å². The maximum absolute atomic E-state index is 12.1. The molecule has 0 saturated heterocycles. The number of aromatic carboxylic acids is 1. The molecule has 0 fully saturated rings. The molecule has 1 heterocycles. The van der Waals surface area contributed by atoms with Crippen LogP contribution in [-0.4, -0.2) is 17.0 Å². The minimum atomic E-state index is -1.14. The van der Waals surface area contributed by atoms with Gasteiger partial charge in [0.1, 0.15) is 0 Å². The van der Waals surface area contributed by atoms with Gasteiger partial charge in [-0.25, -0.2) is 4.79 Å². The van der Waals surface area contributed by atoms with Crippen LogP contribution in [0.4, 0.5) is 5.69 Å². The van der Waals surface area contributed by atoms with E-state index in [0.29, 0.717) is 4.88 Å². The average molecular weight is 296 g/mol. The number of para-hydroxylation sites is 1. The molecule has 1 aromatic heterocycles. The Kier molecular flexibility index (Phi) is 3.87. The summed E-state index contributed by atoms with van der Waals surface area (Å²) >= 11 is 7.24. The molecule has 0 bridgehead atoms. The third-order valence-electron chi connectivity index (χ3n) is 2.55. The highest BCUT2D eigenvalue weighted by atomic mass is 35.5. The molecule has 2 aromatic rings. The maximum atomic E-state index is 12.1. The van der Waals surface area contributed by atoms with Crippen LogP contribution in [0.5, 0.6) is 0 Å². The second kappa shape index (κ2) is 5.42. The fourth-order valence-electron chi connectivity index (χ4n) is 1.61. The molecule has 0 radical (unpaired) electrons. The van der Waals surface area contributed by atoms with Crippen LogP contribution in [0.15, 0.2) is 29.6 Å². The van der Waals surface area contributed by atoms with Gasteiger partial charge in [0.05, 0.1) is 21.2 Å². The van der Waals surface area contributed by atoms with Crippen molar-refractivity contribution in [2.24, 2.45) is 0 Å². The Morgan fingerprint density at radius 1 is 1.32 bits per heavy atom. The summed E-state index contributed by atoms with van der Waals surface area (Å²) in [5.74, 6) is -1.50. The molecule has 4 nitrogen and oxygen atoms in total. The normalized spacial score (nSPS) is 10.2. The van der Waals surface area contributed by atoms with Crippen molar-refractivity contribution in [3.8, 4) is 0 Å². The first-order valence-corrected chi connectivity index (χ1v) is 6.63. The van der Waals surface area contributed by atoms with Crippen molar-refractivity contribution in [3.63, 3.8) is 0 Å². The van der Waals surface area contributed by atoms with E-state index in [1.54, 1.807) is 5.38 Å². The number of carbonyl (C=O) groups is 2. The second-order valence-corrected chi connectivity index (χ2v) is 5.18. The number of anilines is 1. The van der Waals surface area contributed by atoms with Crippen LogP contribution in [0.25, 0.3) is 0 Å². The third-order valence-corrected chi connectivity index (χ3v) is 3.88.